The van der Waals surface area contributed by atoms with E-state index >= 15 is 0 Å². The fraction of sp³-hybridized carbons (Fsp3) is 0.214. The Morgan fingerprint density at radius 1 is 1.10 bits per heavy atom. The van der Waals surface area contributed by atoms with Crippen molar-refractivity contribution in [3.63, 3.8) is 0 Å². The third-order valence-corrected chi connectivity index (χ3v) is 2.88. The second-order valence-corrected chi connectivity index (χ2v) is 4.43. The van der Waals surface area contributed by atoms with E-state index in [9.17, 15) is 27.1 Å². The first kappa shape index (κ1) is 15.4. The fourth-order valence-corrected chi connectivity index (χ4v) is 1.77. The molecule has 0 saturated heterocycles. The average molecular weight is 303 g/mol. The van der Waals surface area contributed by atoms with Gasteiger partial charge in [-0.15, -0.1) is 0 Å². The summed E-state index contributed by atoms with van der Waals surface area (Å²) in [5, 5.41) is 9.86. The van der Waals surface area contributed by atoms with Gasteiger partial charge in [-0.1, -0.05) is 6.07 Å². The molecule has 2 nitrogen and oxygen atoms in total. The second-order valence-electron chi connectivity index (χ2n) is 4.43. The van der Waals surface area contributed by atoms with Gasteiger partial charge in [-0.25, -0.2) is 8.78 Å². The van der Waals surface area contributed by atoms with Crippen LogP contribution in [0.3, 0.4) is 0 Å². The van der Waals surface area contributed by atoms with Crippen LogP contribution in [-0.2, 0) is 12.6 Å². The summed E-state index contributed by atoms with van der Waals surface area (Å²) in [5.74, 6) is -1.58. The Balaban J connectivity index is 2.15. The summed E-state index contributed by atoms with van der Waals surface area (Å²) < 4.78 is 63.3. The molecule has 1 atom stereocenters. The van der Waals surface area contributed by atoms with E-state index in [4.69, 9.17) is 0 Å². The molecule has 7 heteroatoms. The highest BCUT2D eigenvalue weighted by molar-refractivity contribution is 5.23. The molecule has 0 spiro atoms. The molecule has 112 valence electrons. The second kappa shape index (κ2) is 5.77. The van der Waals surface area contributed by atoms with Crippen molar-refractivity contribution in [2.24, 2.45) is 0 Å². The predicted octanol–water partition coefficient (Wildman–Crippen LogP) is 3.65. The number of pyridine rings is 1. The molecular weight excluding hydrogens is 293 g/mol. The maximum Gasteiger partial charge on any atom is 0.417 e. The molecule has 0 amide bonds. The number of halogens is 5. The number of hydrogen-bond acceptors (Lipinski definition) is 2. The number of aromatic nitrogens is 1. The van der Waals surface area contributed by atoms with Gasteiger partial charge in [0.2, 0.25) is 0 Å². The summed E-state index contributed by atoms with van der Waals surface area (Å²) in [6.45, 7) is 0. The maximum atomic E-state index is 13.4. The minimum absolute atomic E-state index is 0.0216. The lowest BCUT2D eigenvalue weighted by atomic mass is 10.0. The smallest absolute Gasteiger partial charge is 0.386 e. The van der Waals surface area contributed by atoms with E-state index < -0.39 is 29.5 Å². The molecule has 1 aromatic heterocycles. The fourth-order valence-electron chi connectivity index (χ4n) is 1.77. The molecule has 0 aliphatic heterocycles. The molecule has 2 aromatic rings. The van der Waals surface area contributed by atoms with Gasteiger partial charge in [-0.05, 0) is 23.8 Å². The summed E-state index contributed by atoms with van der Waals surface area (Å²) in [6, 6.07) is 4.67. The van der Waals surface area contributed by atoms with Crippen LogP contribution in [-0.4, -0.2) is 10.1 Å². The minimum Gasteiger partial charge on any atom is -0.386 e. The first-order chi connectivity index (χ1) is 9.77. The van der Waals surface area contributed by atoms with Crippen LogP contribution in [0, 0.1) is 11.6 Å². The Hall–Kier alpha value is -2.02. The zero-order valence-corrected chi connectivity index (χ0v) is 10.5. The van der Waals surface area contributed by atoms with Crippen LogP contribution in [0.25, 0.3) is 0 Å². The lowest BCUT2D eigenvalue weighted by Crippen LogP contribution is -2.09. The highest BCUT2D eigenvalue weighted by Gasteiger charge is 2.30. The normalized spacial score (nSPS) is 13.2. The van der Waals surface area contributed by atoms with Crippen molar-refractivity contribution in [2.75, 3.05) is 0 Å². The molecule has 0 saturated carbocycles. The van der Waals surface area contributed by atoms with E-state index in [2.05, 4.69) is 4.98 Å². The number of benzene rings is 1. The summed E-state index contributed by atoms with van der Waals surface area (Å²) in [5.41, 5.74) is -0.913. The van der Waals surface area contributed by atoms with Gasteiger partial charge in [0.15, 0.2) is 0 Å². The van der Waals surface area contributed by atoms with E-state index in [-0.39, 0.29) is 17.7 Å². The van der Waals surface area contributed by atoms with Crippen molar-refractivity contribution < 1.29 is 27.1 Å². The van der Waals surface area contributed by atoms with Gasteiger partial charge in [0.25, 0.3) is 0 Å². The molecule has 0 fully saturated rings. The molecule has 0 bridgehead atoms. The molecule has 1 aromatic carbocycles. The monoisotopic (exact) mass is 303 g/mol. The molecule has 1 N–H and O–H groups in total. The van der Waals surface area contributed by atoms with Gasteiger partial charge in [-0.3, -0.25) is 4.98 Å². The number of nitrogens with zero attached hydrogens (tertiary/aromatic N) is 1. The molecule has 21 heavy (non-hydrogen) atoms. The Bertz CT molecular complexity index is 624. The third-order valence-electron chi connectivity index (χ3n) is 2.88. The van der Waals surface area contributed by atoms with Crippen molar-refractivity contribution in [1.82, 2.24) is 4.98 Å². The van der Waals surface area contributed by atoms with Crippen LogP contribution in [0.15, 0.2) is 36.5 Å². The third kappa shape index (κ3) is 3.75. The van der Waals surface area contributed by atoms with Gasteiger partial charge in [-0.2, -0.15) is 13.2 Å². The first-order valence-electron chi connectivity index (χ1n) is 5.92. The van der Waals surface area contributed by atoms with Crippen molar-refractivity contribution >= 4 is 0 Å². The van der Waals surface area contributed by atoms with Crippen LogP contribution in [0.1, 0.15) is 22.9 Å². The topological polar surface area (TPSA) is 33.1 Å². The molecule has 0 aliphatic carbocycles. The molecule has 1 unspecified atom stereocenters. The summed E-state index contributed by atoms with van der Waals surface area (Å²) >= 11 is 0. The predicted molar refractivity (Wildman–Crippen MR) is 64.3 cm³/mol. The number of hydrogen-bond donors (Lipinski definition) is 1. The molecule has 0 aliphatic rings. The summed E-state index contributed by atoms with van der Waals surface area (Å²) in [7, 11) is 0. The average Bonchev–Trinajstić information content (AvgIpc) is 2.41. The molecule has 0 radical (unpaired) electrons. The first-order valence-corrected chi connectivity index (χ1v) is 5.92. The number of alkyl halides is 3. The Morgan fingerprint density at radius 3 is 2.33 bits per heavy atom. The van der Waals surface area contributed by atoms with Crippen molar-refractivity contribution in [3.05, 3.63) is 65.0 Å². The number of rotatable bonds is 3. The standard InChI is InChI=1S/C14H10F5NO/c15-10-3-1-8(11(16)6-10)5-13(21)12-4-2-9(7-20-12)14(17,18)19/h1-4,6-7,13,21H,5H2. The summed E-state index contributed by atoms with van der Waals surface area (Å²) in [4.78, 5) is 3.52. The van der Waals surface area contributed by atoms with E-state index in [1.165, 1.54) is 0 Å². The van der Waals surface area contributed by atoms with E-state index in [1.54, 1.807) is 0 Å². The molecular formula is C14H10F5NO. The van der Waals surface area contributed by atoms with E-state index in [1.807, 2.05) is 0 Å². The zero-order chi connectivity index (χ0) is 15.6. The van der Waals surface area contributed by atoms with Crippen LogP contribution < -0.4 is 0 Å². The Kier molecular flexibility index (Phi) is 4.22. The van der Waals surface area contributed by atoms with Gasteiger partial charge in [0.1, 0.15) is 17.7 Å². The lowest BCUT2D eigenvalue weighted by Gasteiger charge is -2.12. The van der Waals surface area contributed by atoms with Crippen LogP contribution >= 0.6 is 0 Å². The maximum absolute atomic E-state index is 13.4. The Labute approximate surface area is 116 Å². The van der Waals surface area contributed by atoms with Crippen LogP contribution in [0.4, 0.5) is 22.0 Å². The van der Waals surface area contributed by atoms with Crippen molar-refractivity contribution in [2.45, 2.75) is 18.7 Å². The van der Waals surface area contributed by atoms with Gasteiger partial charge in [0.05, 0.1) is 11.3 Å². The van der Waals surface area contributed by atoms with Crippen LogP contribution in [0.2, 0.25) is 0 Å². The van der Waals surface area contributed by atoms with Crippen molar-refractivity contribution in [3.8, 4) is 0 Å². The quantitative estimate of drug-likeness (QED) is 0.878. The SMILES string of the molecule is OC(Cc1ccc(F)cc1F)c1ccc(C(F)(F)F)cn1. The minimum atomic E-state index is -4.51. The van der Waals surface area contributed by atoms with Crippen LogP contribution in [0.5, 0.6) is 0 Å². The van der Waals surface area contributed by atoms with Gasteiger partial charge in [0, 0.05) is 18.7 Å². The van der Waals surface area contributed by atoms with E-state index in [0.717, 1.165) is 24.3 Å². The van der Waals surface area contributed by atoms with E-state index in [0.29, 0.717) is 12.3 Å². The number of aliphatic hydroxyl groups excluding tert-OH is 1. The van der Waals surface area contributed by atoms with Gasteiger partial charge < -0.3 is 5.11 Å². The zero-order valence-electron chi connectivity index (χ0n) is 10.5. The largest absolute Gasteiger partial charge is 0.417 e. The number of aliphatic hydroxyl groups is 1. The molecule has 2 rings (SSSR count). The lowest BCUT2D eigenvalue weighted by molar-refractivity contribution is -0.137. The molecule has 1 heterocycles. The van der Waals surface area contributed by atoms with Gasteiger partial charge >= 0.3 is 6.18 Å². The summed E-state index contributed by atoms with van der Waals surface area (Å²) in [6.07, 6.45) is -5.42. The highest BCUT2D eigenvalue weighted by atomic mass is 19.4. The highest BCUT2D eigenvalue weighted by Crippen LogP contribution is 2.29. The Morgan fingerprint density at radius 2 is 1.81 bits per heavy atom. The van der Waals surface area contributed by atoms with Crippen molar-refractivity contribution in [1.29, 1.82) is 0 Å².